The number of likely N-dealkylation sites (N-methyl/N-ethyl adjacent to an activating group) is 1. The minimum absolute atomic E-state index is 0.158. The molecule has 1 heterocycles. The normalized spacial score (nSPS) is 16.7. The number of rotatable bonds is 8. The molecule has 1 saturated heterocycles. The summed E-state index contributed by atoms with van der Waals surface area (Å²) in [5.41, 5.74) is 9.48. The highest BCUT2D eigenvalue weighted by Gasteiger charge is 2.40. The van der Waals surface area contributed by atoms with Gasteiger partial charge in [-0.2, -0.15) is 0 Å². The number of anilines is 1. The molecule has 0 saturated carbocycles. The number of hydrogen-bond donors (Lipinski definition) is 1. The van der Waals surface area contributed by atoms with Crippen LogP contribution in [0.4, 0.5) is 5.69 Å². The van der Waals surface area contributed by atoms with E-state index in [1.165, 1.54) is 0 Å². The van der Waals surface area contributed by atoms with E-state index >= 15 is 0 Å². The van der Waals surface area contributed by atoms with E-state index < -0.39 is 5.54 Å². The van der Waals surface area contributed by atoms with Crippen LogP contribution in [0.3, 0.4) is 0 Å². The Balaban J connectivity index is 1.89. The summed E-state index contributed by atoms with van der Waals surface area (Å²) in [4.78, 5) is 18.1. The van der Waals surface area contributed by atoms with Crippen LogP contribution in [0.15, 0.2) is 48.5 Å². The van der Waals surface area contributed by atoms with E-state index in [9.17, 15) is 4.79 Å². The van der Waals surface area contributed by atoms with Crippen LogP contribution in [0.1, 0.15) is 34.8 Å². The molecule has 0 aromatic heterocycles. The summed E-state index contributed by atoms with van der Waals surface area (Å²) in [5.74, 6) is 0.158. The topological polar surface area (TPSA) is 58.8 Å². The van der Waals surface area contributed by atoms with Crippen LogP contribution in [0.25, 0.3) is 0 Å². The molecule has 1 aliphatic heterocycles. The number of ether oxygens (including phenoxy) is 1. The van der Waals surface area contributed by atoms with E-state index in [1.54, 1.807) is 0 Å². The first kappa shape index (κ1) is 21.5. The van der Waals surface area contributed by atoms with E-state index in [0.717, 1.165) is 55.1 Å². The quantitative estimate of drug-likeness (QED) is 0.696. The van der Waals surface area contributed by atoms with Crippen LogP contribution in [-0.4, -0.2) is 56.6 Å². The summed E-state index contributed by atoms with van der Waals surface area (Å²) in [5, 5.41) is 0. The smallest absolute Gasteiger partial charge is 0.183 e. The Kier molecular flexibility index (Phi) is 7.06. The molecule has 1 aliphatic rings. The first-order valence-corrected chi connectivity index (χ1v) is 10.4. The van der Waals surface area contributed by atoms with Crippen LogP contribution >= 0.6 is 0 Å². The molecule has 1 unspecified atom stereocenters. The number of morpholine rings is 1. The fourth-order valence-electron chi connectivity index (χ4n) is 4.20. The fraction of sp³-hybridized carbons (Fsp3) is 0.458. The van der Waals surface area contributed by atoms with Crippen molar-refractivity contribution in [1.29, 1.82) is 0 Å². The zero-order valence-corrected chi connectivity index (χ0v) is 17.9. The van der Waals surface area contributed by atoms with Crippen molar-refractivity contribution in [3.63, 3.8) is 0 Å². The number of nitrogens with zero attached hydrogens (tertiary/aromatic N) is 2. The van der Waals surface area contributed by atoms with Gasteiger partial charge >= 0.3 is 0 Å². The van der Waals surface area contributed by atoms with Gasteiger partial charge in [0.1, 0.15) is 0 Å². The fourth-order valence-corrected chi connectivity index (χ4v) is 4.20. The van der Waals surface area contributed by atoms with Crippen molar-refractivity contribution in [2.75, 3.05) is 45.3 Å². The Hall–Kier alpha value is -2.21. The number of Topliss-reactive ketones (excluding diaryl/α,β-unsaturated/α-hetero) is 1. The standard InChI is InChI=1S/C24H33N3O2/c1-4-24(26(2)3,17-20-7-5-6-8-21(20)18-25)23(28)19-9-11-22(12-10-19)27-13-15-29-16-14-27/h5-12H,4,13-18,25H2,1-3H3. The SMILES string of the molecule is CCC(Cc1ccccc1CN)(C(=O)c1ccc(N2CCOCC2)cc1)N(C)C. The lowest BCUT2D eigenvalue weighted by Gasteiger charge is -2.38. The van der Waals surface area contributed by atoms with Crippen LogP contribution in [0.5, 0.6) is 0 Å². The van der Waals surface area contributed by atoms with E-state index in [2.05, 4.69) is 34.9 Å². The minimum Gasteiger partial charge on any atom is -0.378 e. The number of carbonyl (C=O) groups excluding carboxylic acids is 1. The van der Waals surface area contributed by atoms with Gasteiger partial charge in [0.2, 0.25) is 0 Å². The molecule has 1 fully saturated rings. The molecule has 0 amide bonds. The van der Waals surface area contributed by atoms with Gasteiger partial charge in [-0.05, 0) is 62.3 Å². The summed E-state index contributed by atoms with van der Waals surface area (Å²) >= 11 is 0. The van der Waals surface area contributed by atoms with Crippen LogP contribution < -0.4 is 10.6 Å². The maximum Gasteiger partial charge on any atom is 0.183 e. The first-order valence-electron chi connectivity index (χ1n) is 10.4. The summed E-state index contributed by atoms with van der Waals surface area (Å²) in [6.07, 6.45) is 1.37. The monoisotopic (exact) mass is 395 g/mol. The molecule has 3 rings (SSSR count). The molecule has 0 bridgehead atoms. The van der Waals surface area contributed by atoms with Gasteiger partial charge in [0.25, 0.3) is 0 Å². The average Bonchev–Trinajstić information content (AvgIpc) is 2.77. The lowest BCUT2D eigenvalue weighted by atomic mass is 9.79. The van der Waals surface area contributed by atoms with Crippen molar-refractivity contribution in [3.8, 4) is 0 Å². The molecule has 1 atom stereocenters. The van der Waals surface area contributed by atoms with E-state index in [-0.39, 0.29) is 5.78 Å². The van der Waals surface area contributed by atoms with Gasteiger partial charge in [-0.1, -0.05) is 31.2 Å². The van der Waals surface area contributed by atoms with Gasteiger partial charge in [0, 0.05) is 30.9 Å². The van der Waals surface area contributed by atoms with Gasteiger partial charge in [-0.15, -0.1) is 0 Å². The van der Waals surface area contributed by atoms with Crippen molar-refractivity contribution in [1.82, 2.24) is 4.90 Å². The Bertz CT molecular complexity index is 813. The third-order valence-electron chi connectivity index (χ3n) is 6.19. The Morgan fingerprint density at radius 3 is 2.24 bits per heavy atom. The zero-order valence-electron chi connectivity index (χ0n) is 17.9. The second-order valence-electron chi connectivity index (χ2n) is 7.90. The van der Waals surface area contributed by atoms with Crippen molar-refractivity contribution in [2.24, 2.45) is 5.73 Å². The molecule has 0 aliphatic carbocycles. The number of hydrogen-bond acceptors (Lipinski definition) is 5. The Morgan fingerprint density at radius 1 is 1.07 bits per heavy atom. The Labute approximate surface area is 174 Å². The molecule has 5 heteroatoms. The largest absolute Gasteiger partial charge is 0.378 e. The van der Waals surface area contributed by atoms with Gasteiger partial charge in [-0.25, -0.2) is 0 Å². The van der Waals surface area contributed by atoms with Gasteiger partial charge in [-0.3, -0.25) is 9.69 Å². The lowest BCUT2D eigenvalue weighted by molar-refractivity contribution is 0.0666. The van der Waals surface area contributed by atoms with Gasteiger partial charge in [0.15, 0.2) is 5.78 Å². The average molecular weight is 396 g/mol. The highest BCUT2D eigenvalue weighted by Crippen LogP contribution is 2.30. The van der Waals surface area contributed by atoms with Crippen LogP contribution in [0.2, 0.25) is 0 Å². The van der Waals surface area contributed by atoms with Gasteiger partial charge in [0.05, 0.1) is 18.8 Å². The molecule has 5 nitrogen and oxygen atoms in total. The molecule has 2 aromatic rings. The molecular weight excluding hydrogens is 362 g/mol. The van der Waals surface area contributed by atoms with E-state index in [1.807, 2.05) is 44.4 Å². The molecule has 29 heavy (non-hydrogen) atoms. The van der Waals surface area contributed by atoms with Crippen LogP contribution in [-0.2, 0) is 17.7 Å². The number of ketones is 1. The van der Waals surface area contributed by atoms with Crippen molar-refractivity contribution < 1.29 is 9.53 Å². The van der Waals surface area contributed by atoms with E-state index in [4.69, 9.17) is 10.5 Å². The Morgan fingerprint density at radius 2 is 1.69 bits per heavy atom. The second-order valence-corrected chi connectivity index (χ2v) is 7.90. The van der Waals surface area contributed by atoms with Crippen molar-refractivity contribution in [3.05, 3.63) is 65.2 Å². The minimum atomic E-state index is -0.605. The second kappa shape index (κ2) is 9.53. The predicted molar refractivity (Wildman–Crippen MR) is 119 cm³/mol. The molecular formula is C24H33N3O2. The summed E-state index contributed by atoms with van der Waals surface area (Å²) in [6.45, 7) is 5.85. The summed E-state index contributed by atoms with van der Waals surface area (Å²) in [7, 11) is 3.99. The predicted octanol–water partition coefficient (Wildman–Crippen LogP) is 3.12. The molecule has 2 N–H and O–H groups in total. The van der Waals surface area contributed by atoms with Gasteiger partial charge < -0.3 is 15.4 Å². The van der Waals surface area contributed by atoms with E-state index in [0.29, 0.717) is 13.0 Å². The molecule has 2 aromatic carbocycles. The number of nitrogens with two attached hydrogens (primary N) is 1. The highest BCUT2D eigenvalue weighted by atomic mass is 16.5. The first-order chi connectivity index (χ1) is 14.0. The zero-order chi connectivity index (χ0) is 20.9. The van der Waals surface area contributed by atoms with Crippen LogP contribution in [0, 0.1) is 0 Å². The summed E-state index contributed by atoms with van der Waals surface area (Å²) in [6, 6.07) is 16.2. The maximum atomic E-state index is 13.7. The third-order valence-corrected chi connectivity index (χ3v) is 6.19. The number of carbonyl (C=O) groups is 1. The third kappa shape index (κ3) is 4.53. The number of benzene rings is 2. The molecule has 156 valence electrons. The molecule has 0 radical (unpaired) electrons. The maximum absolute atomic E-state index is 13.7. The molecule has 0 spiro atoms. The highest BCUT2D eigenvalue weighted by molar-refractivity contribution is 6.03. The van der Waals surface area contributed by atoms with Crippen molar-refractivity contribution >= 4 is 11.5 Å². The summed E-state index contributed by atoms with van der Waals surface area (Å²) < 4.78 is 5.43. The lowest BCUT2D eigenvalue weighted by Crippen LogP contribution is -2.52. The van der Waals surface area contributed by atoms with Crippen molar-refractivity contribution in [2.45, 2.75) is 31.8 Å².